The van der Waals surface area contributed by atoms with Crippen LogP contribution in [0.3, 0.4) is 0 Å². The Morgan fingerprint density at radius 2 is 2.00 bits per heavy atom. The van der Waals surface area contributed by atoms with Crippen LogP contribution in [0.25, 0.3) is 0 Å². The Hall–Kier alpha value is -0.280. The highest BCUT2D eigenvalue weighted by atomic mass is 35.5. The molecule has 0 saturated heterocycles. The van der Waals surface area contributed by atoms with Gasteiger partial charge in [-0.05, 0) is 12.8 Å². The summed E-state index contributed by atoms with van der Waals surface area (Å²) in [7, 11) is 1.61. The van der Waals surface area contributed by atoms with Crippen molar-refractivity contribution in [1.29, 1.82) is 0 Å². The number of rotatable bonds is 5. The maximum absolute atomic E-state index is 11.8. The summed E-state index contributed by atoms with van der Waals surface area (Å²) in [6.45, 7) is 0.983. The molecular weight excluding hydrogens is 226 g/mol. The van der Waals surface area contributed by atoms with Crippen molar-refractivity contribution >= 4 is 17.5 Å². The van der Waals surface area contributed by atoms with Crippen molar-refractivity contribution in [3.63, 3.8) is 0 Å². The van der Waals surface area contributed by atoms with E-state index >= 15 is 0 Å². The van der Waals surface area contributed by atoms with Gasteiger partial charge in [0.15, 0.2) is 0 Å². The Balaban J connectivity index is 2.22. The Morgan fingerprint density at radius 1 is 1.38 bits per heavy atom. The van der Waals surface area contributed by atoms with Crippen molar-refractivity contribution in [2.45, 2.75) is 43.9 Å². The van der Waals surface area contributed by atoms with Gasteiger partial charge in [0.05, 0.1) is 12.0 Å². The van der Waals surface area contributed by atoms with Crippen LogP contribution < -0.4 is 5.32 Å². The molecule has 1 saturated carbocycles. The number of carbonyl (C=O) groups excluding carboxylic acids is 1. The summed E-state index contributed by atoms with van der Waals surface area (Å²) in [6.07, 6.45) is 6.96. The summed E-state index contributed by atoms with van der Waals surface area (Å²) in [5.74, 6) is 0.373. The van der Waals surface area contributed by atoms with Crippen LogP contribution in [0, 0.1) is 5.92 Å². The number of halogens is 1. The van der Waals surface area contributed by atoms with Gasteiger partial charge in [0, 0.05) is 19.6 Å². The molecular formula is C12H22ClNO2. The molecule has 0 aliphatic heterocycles. The quantitative estimate of drug-likeness (QED) is 0.598. The highest BCUT2D eigenvalue weighted by Crippen LogP contribution is 2.22. The molecule has 1 aliphatic carbocycles. The molecule has 3 nitrogen and oxygen atoms in total. The summed E-state index contributed by atoms with van der Waals surface area (Å²) >= 11 is 5.96. The van der Waals surface area contributed by atoms with Gasteiger partial charge in [-0.3, -0.25) is 4.79 Å². The van der Waals surface area contributed by atoms with Crippen LogP contribution in [0.15, 0.2) is 0 Å². The molecule has 1 rings (SSSR count). The second kappa shape index (κ2) is 7.91. The van der Waals surface area contributed by atoms with Crippen LogP contribution in [0.1, 0.15) is 38.5 Å². The van der Waals surface area contributed by atoms with Crippen LogP contribution in [0.5, 0.6) is 0 Å². The van der Waals surface area contributed by atoms with Crippen molar-refractivity contribution in [1.82, 2.24) is 5.32 Å². The minimum absolute atomic E-state index is 0.125. The van der Waals surface area contributed by atoms with Crippen molar-refractivity contribution in [2.24, 2.45) is 5.92 Å². The summed E-state index contributed by atoms with van der Waals surface area (Å²) in [4.78, 5) is 11.8. The molecule has 1 aliphatic rings. The summed E-state index contributed by atoms with van der Waals surface area (Å²) in [5.41, 5.74) is 0. The zero-order valence-electron chi connectivity index (χ0n) is 10.0. The van der Waals surface area contributed by atoms with Gasteiger partial charge in [-0.15, -0.1) is 11.6 Å². The summed E-state index contributed by atoms with van der Waals surface area (Å²) in [5, 5.41) is 2.79. The van der Waals surface area contributed by atoms with Crippen LogP contribution in [-0.2, 0) is 9.53 Å². The van der Waals surface area contributed by atoms with E-state index in [0.29, 0.717) is 13.2 Å². The van der Waals surface area contributed by atoms with Crippen LogP contribution >= 0.6 is 11.6 Å². The number of alkyl halides is 1. The van der Waals surface area contributed by atoms with E-state index in [1.807, 2.05) is 0 Å². The fraction of sp³-hybridized carbons (Fsp3) is 0.917. The van der Waals surface area contributed by atoms with E-state index in [-0.39, 0.29) is 17.2 Å². The molecule has 1 unspecified atom stereocenters. The Bertz CT molecular complexity index is 203. The number of nitrogens with one attached hydrogen (secondary N) is 1. The lowest BCUT2D eigenvalue weighted by Gasteiger charge is -2.15. The SMILES string of the molecule is COCC(Cl)CNC(=O)C1CCCCCC1. The first-order chi connectivity index (χ1) is 7.74. The molecule has 0 aromatic rings. The predicted octanol–water partition coefficient (Wildman–Crippen LogP) is 2.33. The van der Waals surface area contributed by atoms with Gasteiger partial charge < -0.3 is 10.1 Å². The maximum atomic E-state index is 11.8. The van der Waals surface area contributed by atoms with E-state index in [9.17, 15) is 4.79 Å². The third-order valence-corrected chi connectivity index (χ3v) is 3.35. The predicted molar refractivity (Wildman–Crippen MR) is 65.7 cm³/mol. The molecule has 0 heterocycles. The maximum Gasteiger partial charge on any atom is 0.223 e. The van der Waals surface area contributed by atoms with E-state index in [1.165, 1.54) is 25.7 Å². The average molecular weight is 248 g/mol. The largest absolute Gasteiger partial charge is 0.383 e. The lowest BCUT2D eigenvalue weighted by Crippen LogP contribution is -2.35. The molecule has 0 spiro atoms. The van der Waals surface area contributed by atoms with Crippen molar-refractivity contribution in [3.8, 4) is 0 Å². The molecule has 1 amide bonds. The minimum Gasteiger partial charge on any atom is -0.383 e. The molecule has 1 N–H and O–H groups in total. The van der Waals surface area contributed by atoms with Gasteiger partial charge in [-0.25, -0.2) is 0 Å². The first-order valence-corrected chi connectivity index (χ1v) is 6.58. The lowest BCUT2D eigenvalue weighted by molar-refractivity contribution is -0.125. The molecule has 0 radical (unpaired) electrons. The third kappa shape index (κ3) is 5.17. The van der Waals surface area contributed by atoms with Crippen molar-refractivity contribution in [3.05, 3.63) is 0 Å². The summed E-state index contributed by atoms with van der Waals surface area (Å²) < 4.78 is 4.92. The Morgan fingerprint density at radius 3 is 2.56 bits per heavy atom. The monoisotopic (exact) mass is 247 g/mol. The topological polar surface area (TPSA) is 38.3 Å². The normalized spacial score (nSPS) is 20.1. The van der Waals surface area contributed by atoms with Gasteiger partial charge in [0.2, 0.25) is 5.91 Å². The molecule has 4 heteroatoms. The first-order valence-electron chi connectivity index (χ1n) is 6.14. The van der Waals surface area contributed by atoms with E-state index in [0.717, 1.165) is 12.8 Å². The zero-order valence-corrected chi connectivity index (χ0v) is 10.8. The second-order valence-corrected chi connectivity index (χ2v) is 5.10. The van der Waals surface area contributed by atoms with E-state index in [4.69, 9.17) is 16.3 Å². The smallest absolute Gasteiger partial charge is 0.223 e. The number of amides is 1. The van der Waals surface area contributed by atoms with Gasteiger partial charge >= 0.3 is 0 Å². The fourth-order valence-corrected chi connectivity index (χ4v) is 2.34. The molecule has 1 atom stereocenters. The Labute approximate surface area is 103 Å². The van der Waals surface area contributed by atoms with Crippen LogP contribution in [0.2, 0.25) is 0 Å². The third-order valence-electron chi connectivity index (χ3n) is 3.07. The highest BCUT2D eigenvalue weighted by molar-refractivity contribution is 6.21. The van der Waals surface area contributed by atoms with E-state index in [1.54, 1.807) is 7.11 Å². The van der Waals surface area contributed by atoms with E-state index < -0.39 is 0 Å². The number of hydrogen-bond donors (Lipinski definition) is 1. The van der Waals surface area contributed by atoms with Gasteiger partial charge in [0.1, 0.15) is 0 Å². The number of hydrogen-bond acceptors (Lipinski definition) is 2. The standard InChI is InChI=1S/C12H22ClNO2/c1-16-9-11(13)8-14-12(15)10-6-4-2-3-5-7-10/h10-11H,2-9H2,1H3,(H,14,15). The molecule has 0 bridgehead atoms. The second-order valence-electron chi connectivity index (χ2n) is 4.49. The minimum atomic E-state index is -0.125. The highest BCUT2D eigenvalue weighted by Gasteiger charge is 2.20. The Kier molecular flexibility index (Phi) is 6.81. The first kappa shape index (κ1) is 13.8. The van der Waals surface area contributed by atoms with E-state index in [2.05, 4.69) is 5.32 Å². The van der Waals surface area contributed by atoms with Crippen LogP contribution in [-0.4, -0.2) is 31.5 Å². The zero-order chi connectivity index (χ0) is 11.8. The average Bonchev–Trinajstić information content (AvgIpc) is 2.55. The van der Waals surface area contributed by atoms with Crippen molar-refractivity contribution < 1.29 is 9.53 Å². The van der Waals surface area contributed by atoms with Crippen LogP contribution in [0.4, 0.5) is 0 Å². The molecule has 16 heavy (non-hydrogen) atoms. The van der Waals surface area contributed by atoms with Crippen molar-refractivity contribution in [2.75, 3.05) is 20.3 Å². The fourth-order valence-electron chi connectivity index (χ4n) is 2.14. The molecule has 94 valence electrons. The number of carbonyl (C=O) groups is 1. The number of methoxy groups -OCH3 is 1. The molecule has 0 aromatic heterocycles. The molecule has 1 fully saturated rings. The summed E-state index contributed by atoms with van der Waals surface area (Å²) in [6, 6.07) is 0. The molecule has 0 aromatic carbocycles. The van der Waals surface area contributed by atoms with Gasteiger partial charge in [0.25, 0.3) is 0 Å². The number of ether oxygens (including phenoxy) is 1. The van der Waals surface area contributed by atoms with Gasteiger partial charge in [-0.1, -0.05) is 25.7 Å². The van der Waals surface area contributed by atoms with Gasteiger partial charge in [-0.2, -0.15) is 0 Å². The lowest BCUT2D eigenvalue weighted by atomic mass is 9.99.